The highest BCUT2D eigenvalue weighted by atomic mass is 19.1. The first kappa shape index (κ1) is 14.4. The third-order valence-corrected chi connectivity index (χ3v) is 3.78. The molecule has 1 aliphatic rings. The van der Waals surface area contributed by atoms with Crippen molar-refractivity contribution in [1.29, 1.82) is 0 Å². The molecule has 6 heteroatoms. The smallest absolute Gasteiger partial charge is 0.270 e. The fourth-order valence-electron chi connectivity index (χ4n) is 2.36. The van der Waals surface area contributed by atoms with E-state index in [-0.39, 0.29) is 16.8 Å². The molecule has 108 valence electrons. The monoisotopic (exact) mass is 280 g/mol. The molecule has 0 saturated heterocycles. The first-order valence-electron chi connectivity index (χ1n) is 6.60. The maximum atomic E-state index is 14.0. The van der Waals surface area contributed by atoms with Gasteiger partial charge in [-0.05, 0) is 31.2 Å². The van der Waals surface area contributed by atoms with E-state index in [0.29, 0.717) is 12.5 Å². The Kier molecular flexibility index (Phi) is 4.01. The second-order valence-electron chi connectivity index (χ2n) is 5.36. The van der Waals surface area contributed by atoms with Gasteiger partial charge in [0.2, 0.25) is 0 Å². The van der Waals surface area contributed by atoms with Crippen LogP contribution in [-0.4, -0.2) is 29.3 Å². The summed E-state index contributed by atoms with van der Waals surface area (Å²) in [6.07, 6.45) is 3.32. The average molecular weight is 280 g/mol. The summed E-state index contributed by atoms with van der Waals surface area (Å²) >= 11 is 0. The van der Waals surface area contributed by atoms with Gasteiger partial charge in [-0.2, -0.15) is 0 Å². The summed E-state index contributed by atoms with van der Waals surface area (Å²) in [5.41, 5.74) is -0.373. The Bertz CT molecular complexity index is 556. The van der Waals surface area contributed by atoms with Gasteiger partial charge in [0.15, 0.2) is 0 Å². The number of carbonyl (C=O) groups excluding carboxylic acids is 1. The van der Waals surface area contributed by atoms with Crippen molar-refractivity contribution >= 4 is 11.6 Å². The number of non-ortho nitro benzene ring substituents is 1. The summed E-state index contributed by atoms with van der Waals surface area (Å²) in [4.78, 5) is 23.9. The van der Waals surface area contributed by atoms with Gasteiger partial charge in [0.1, 0.15) is 5.82 Å². The third kappa shape index (κ3) is 2.79. The predicted octanol–water partition coefficient (Wildman–Crippen LogP) is 2.91. The summed E-state index contributed by atoms with van der Waals surface area (Å²) in [5.74, 6) is -0.714. The lowest BCUT2D eigenvalue weighted by Crippen LogP contribution is -2.34. The van der Waals surface area contributed by atoms with Crippen molar-refractivity contribution in [2.24, 2.45) is 5.92 Å². The molecule has 0 aromatic heterocycles. The van der Waals surface area contributed by atoms with Gasteiger partial charge < -0.3 is 4.90 Å². The normalized spacial score (nSPS) is 14.8. The average Bonchev–Trinajstić information content (AvgIpc) is 2.35. The number of rotatable bonds is 4. The topological polar surface area (TPSA) is 63.5 Å². The molecular formula is C14H17FN2O3. The molecule has 0 heterocycles. The Morgan fingerprint density at radius 2 is 2.15 bits per heavy atom. The Balaban J connectivity index is 2.25. The Labute approximate surface area is 116 Å². The lowest BCUT2D eigenvalue weighted by Gasteiger charge is -2.30. The van der Waals surface area contributed by atoms with Crippen LogP contribution < -0.4 is 0 Å². The van der Waals surface area contributed by atoms with E-state index < -0.39 is 16.6 Å². The number of nitro groups is 1. The van der Waals surface area contributed by atoms with E-state index in [1.807, 2.05) is 0 Å². The molecule has 20 heavy (non-hydrogen) atoms. The molecule has 1 saturated carbocycles. The number of amides is 1. The zero-order valence-corrected chi connectivity index (χ0v) is 11.6. The summed E-state index contributed by atoms with van der Waals surface area (Å²) in [6, 6.07) is 2.15. The van der Waals surface area contributed by atoms with Gasteiger partial charge in [-0.25, -0.2) is 4.39 Å². The number of carbonyl (C=O) groups is 1. The van der Waals surface area contributed by atoms with E-state index in [4.69, 9.17) is 0 Å². The lowest BCUT2D eigenvalue weighted by molar-refractivity contribution is -0.385. The highest BCUT2D eigenvalue weighted by molar-refractivity contribution is 5.95. The predicted molar refractivity (Wildman–Crippen MR) is 72.1 cm³/mol. The molecule has 0 unspecified atom stereocenters. The Morgan fingerprint density at radius 3 is 2.65 bits per heavy atom. The lowest BCUT2D eigenvalue weighted by atomic mass is 9.85. The van der Waals surface area contributed by atoms with Gasteiger partial charge in [0.25, 0.3) is 11.6 Å². The number of halogens is 1. The Morgan fingerprint density at radius 1 is 1.50 bits per heavy atom. The SMILES string of the molecule is Cc1cc([N+](=O)[O-])cc(C(=O)N(C)CC2CCC2)c1F. The maximum Gasteiger partial charge on any atom is 0.270 e. The van der Waals surface area contributed by atoms with Gasteiger partial charge in [-0.15, -0.1) is 0 Å². The minimum atomic E-state index is -0.680. The fourth-order valence-corrected chi connectivity index (χ4v) is 2.36. The van der Waals surface area contributed by atoms with Gasteiger partial charge in [0.05, 0.1) is 10.5 Å². The molecule has 1 fully saturated rings. The van der Waals surface area contributed by atoms with E-state index in [9.17, 15) is 19.3 Å². The number of benzene rings is 1. The van der Waals surface area contributed by atoms with Crippen molar-refractivity contribution in [3.8, 4) is 0 Å². The molecule has 1 aromatic carbocycles. The quantitative estimate of drug-likeness (QED) is 0.629. The molecule has 0 atom stereocenters. The van der Waals surface area contributed by atoms with E-state index in [2.05, 4.69) is 0 Å². The summed E-state index contributed by atoms with van der Waals surface area (Å²) in [6.45, 7) is 1.99. The molecule has 0 N–H and O–H groups in total. The molecule has 0 spiro atoms. The van der Waals surface area contributed by atoms with Crippen molar-refractivity contribution in [2.45, 2.75) is 26.2 Å². The molecule has 0 radical (unpaired) electrons. The van der Waals surface area contributed by atoms with Crippen molar-refractivity contribution in [3.05, 3.63) is 39.2 Å². The van der Waals surface area contributed by atoms with Crippen LogP contribution >= 0.6 is 0 Å². The van der Waals surface area contributed by atoms with Crippen LogP contribution in [-0.2, 0) is 0 Å². The zero-order chi connectivity index (χ0) is 14.9. The van der Waals surface area contributed by atoms with E-state index in [1.54, 1.807) is 7.05 Å². The van der Waals surface area contributed by atoms with E-state index >= 15 is 0 Å². The molecule has 2 rings (SSSR count). The molecule has 0 bridgehead atoms. The number of nitro benzene ring substituents is 1. The number of hydrogen-bond donors (Lipinski definition) is 0. The van der Waals surface area contributed by atoms with Gasteiger partial charge in [0, 0.05) is 25.7 Å². The summed E-state index contributed by atoms with van der Waals surface area (Å²) < 4.78 is 14.0. The standard InChI is InChI=1S/C14H17FN2O3/c1-9-6-11(17(19)20)7-12(13(9)15)14(18)16(2)8-10-4-3-5-10/h6-7,10H,3-5,8H2,1-2H3. The van der Waals surface area contributed by atoms with Crippen molar-refractivity contribution in [3.63, 3.8) is 0 Å². The van der Waals surface area contributed by atoms with Gasteiger partial charge in [-0.3, -0.25) is 14.9 Å². The molecule has 0 aliphatic heterocycles. The van der Waals surface area contributed by atoms with Crippen LogP contribution in [0.15, 0.2) is 12.1 Å². The highest BCUT2D eigenvalue weighted by Crippen LogP contribution is 2.28. The van der Waals surface area contributed by atoms with Crippen LogP contribution in [0.4, 0.5) is 10.1 Å². The first-order valence-corrected chi connectivity index (χ1v) is 6.60. The Hall–Kier alpha value is -1.98. The maximum absolute atomic E-state index is 14.0. The fraction of sp³-hybridized carbons (Fsp3) is 0.500. The summed E-state index contributed by atoms with van der Waals surface area (Å²) in [5, 5.41) is 10.8. The first-order chi connectivity index (χ1) is 9.40. The molecule has 5 nitrogen and oxygen atoms in total. The van der Waals surface area contributed by atoms with E-state index in [0.717, 1.165) is 31.4 Å². The third-order valence-electron chi connectivity index (χ3n) is 3.78. The number of hydrogen-bond acceptors (Lipinski definition) is 3. The van der Waals surface area contributed by atoms with Crippen LogP contribution in [0.2, 0.25) is 0 Å². The van der Waals surface area contributed by atoms with Crippen LogP contribution in [0.25, 0.3) is 0 Å². The van der Waals surface area contributed by atoms with E-state index in [1.165, 1.54) is 11.8 Å². The minimum absolute atomic E-state index is 0.111. The largest absolute Gasteiger partial charge is 0.341 e. The highest BCUT2D eigenvalue weighted by Gasteiger charge is 2.25. The molecule has 1 aromatic rings. The zero-order valence-electron chi connectivity index (χ0n) is 11.6. The van der Waals surface area contributed by atoms with Gasteiger partial charge >= 0.3 is 0 Å². The van der Waals surface area contributed by atoms with Crippen LogP contribution in [0.5, 0.6) is 0 Å². The molecule has 1 amide bonds. The number of nitrogens with zero attached hydrogens (tertiary/aromatic N) is 2. The van der Waals surface area contributed by atoms with Crippen LogP contribution in [0.3, 0.4) is 0 Å². The van der Waals surface area contributed by atoms with Crippen LogP contribution in [0.1, 0.15) is 35.2 Å². The van der Waals surface area contributed by atoms with Crippen LogP contribution in [0, 0.1) is 28.8 Å². The second kappa shape index (κ2) is 5.56. The van der Waals surface area contributed by atoms with Crippen molar-refractivity contribution < 1.29 is 14.1 Å². The summed E-state index contributed by atoms with van der Waals surface area (Å²) in [7, 11) is 1.61. The minimum Gasteiger partial charge on any atom is -0.341 e. The molecular weight excluding hydrogens is 263 g/mol. The van der Waals surface area contributed by atoms with Crippen molar-refractivity contribution in [1.82, 2.24) is 4.90 Å². The van der Waals surface area contributed by atoms with Crippen molar-refractivity contribution in [2.75, 3.05) is 13.6 Å². The number of aryl methyl sites for hydroxylation is 1. The molecule has 1 aliphatic carbocycles. The van der Waals surface area contributed by atoms with Gasteiger partial charge in [-0.1, -0.05) is 6.42 Å². The second-order valence-corrected chi connectivity index (χ2v) is 5.36.